The summed E-state index contributed by atoms with van der Waals surface area (Å²) in [6.45, 7) is 7.20. The average Bonchev–Trinajstić information content (AvgIpc) is 3.06. The molecule has 1 unspecified atom stereocenters. The van der Waals surface area contributed by atoms with Crippen molar-refractivity contribution >= 4 is 5.97 Å². The monoisotopic (exact) mass is 413 g/mol. The predicted octanol–water partition coefficient (Wildman–Crippen LogP) is 4.55. The Bertz CT molecular complexity index is 766. The second-order valence-corrected chi connectivity index (χ2v) is 11.5. The van der Waals surface area contributed by atoms with Crippen LogP contribution < -0.4 is 5.32 Å². The molecule has 30 heavy (non-hydrogen) atoms. The Hall–Kier alpha value is -1.13. The maximum absolute atomic E-state index is 11.4. The molecule has 5 rings (SSSR count). The number of hydrogen-bond acceptors (Lipinski definition) is 3. The minimum Gasteiger partial charge on any atom is -0.481 e. The maximum Gasteiger partial charge on any atom is 0.303 e. The minimum absolute atomic E-state index is 0.148. The molecule has 5 aliphatic rings. The van der Waals surface area contributed by atoms with Crippen molar-refractivity contribution in [2.24, 2.45) is 40.4 Å². The fourth-order valence-corrected chi connectivity index (χ4v) is 8.50. The van der Waals surface area contributed by atoms with E-state index < -0.39 is 5.97 Å². The summed E-state index contributed by atoms with van der Waals surface area (Å²) in [4.78, 5) is 11.2. The minimum atomic E-state index is -0.686. The number of piperidine rings is 1. The lowest BCUT2D eigenvalue weighted by molar-refractivity contribution is -0.138. The van der Waals surface area contributed by atoms with Crippen LogP contribution >= 0.6 is 0 Å². The number of aliphatic carboxylic acids is 1. The summed E-state index contributed by atoms with van der Waals surface area (Å²) in [6.07, 6.45) is 13.7. The zero-order chi connectivity index (χ0) is 21.1. The number of rotatable bonds is 3. The fraction of sp³-hybridized carbons (Fsp3) is 0.808. The summed E-state index contributed by atoms with van der Waals surface area (Å²) >= 11 is 0. The molecule has 0 bridgehead atoms. The molecule has 4 nitrogen and oxygen atoms in total. The van der Waals surface area contributed by atoms with Crippen molar-refractivity contribution in [2.75, 3.05) is 13.1 Å². The van der Waals surface area contributed by atoms with Gasteiger partial charge in [-0.15, -0.1) is 0 Å². The highest BCUT2D eigenvalue weighted by atomic mass is 16.4. The molecule has 3 fully saturated rings. The molecule has 1 aliphatic heterocycles. The van der Waals surface area contributed by atoms with Crippen LogP contribution in [0.1, 0.15) is 71.6 Å². The van der Waals surface area contributed by atoms with Crippen molar-refractivity contribution in [3.8, 4) is 0 Å². The molecule has 1 heterocycles. The van der Waals surface area contributed by atoms with E-state index in [-0.39, 0.29) is 29.3 Å². The summed E-state index contributed by atoms with van der Waals surface area (Å²) in [5.41, 5.74) is 3.44. The lowest BCUT2D eigenvalue weighted by atomic mass is 9.46. The number of carboxylic acid groups (broad SMARTS) is 1. The van der Waals surface area contributed by atoms with Gasteiger partial charge >= 0.3 is 5.97 Å². The van der Waals surface area contributed by atoms with E-state index in [1.165, 1.54) is 31.3 Å². The molecule has 4 aliphatic carbocycles. The molecule has 166 valence electrons. The van der Waals surface area contributed by atoms with E-state index in [4.69, 9.17) is 0 Å². The topological polar surface area (TPSA) is 69.6 Å². The van der Waals surface area contributed by atoms with Crippen LogP contribution in [0.4, 0.5) is 0 Å². The van der Waals surface area contributed by atoms with Crippen LogP contribution in [0.3, 0.4) is 0 Å². The van der Waals surface area contributed by atoms with E-state index in [0.29, 0.717) is 23.7 Å². The van der Waals surface area contributed by atoms with E-state index in [0.717, 1.165) is 38.8 Å². The van der Waals surface area contributed by atoms with Crippen LogP contribution in [0.25, 0.3) is 0 Å². The highest BCUT2D eigenvalue weighted by molar-refractivity contribution is 5.67. The molecule has 4 heteroatoms. The number of carboxylic acids is 1. The van der Waals surface area contributed by atoms with Crippen molar-refractivity contribution in [1.29, 1.82) is 0 Å². The lowest BCUT2D eigenvalue weighted by Gasteiger charge is -2.59. The van der Waals surface area contributed by atoms with Gasteiger partial charge in [-0.3, -0.25) is 4.79 Å². The highest BCUT2D eigenvalue weighted by Crippen LogP contribution is 2.66. The van der Waals surface area contributed by atoms with Gasteiger partial charge in [-0.25, -0.2) is 0 Å². The van der Waals surface area contributed by atoms with Gasteiger partial charge in [0.05, 0.1) is 6.10 Å². The van der Waals surface area contributed by atoms with E-state index in [1.54, 1.807) is 5.57 Å². The summed E-state index contributed by atoms with van der Waals surface area (Å²) in [6, 6.07) is 0. The molecular formula is C26H39NO3. The Kier molecular flexibility index (Phi) is 5.17. The number of aliphatic hydroxyl groups excluding tert-OH is 1. The molecule has 0 radical (unpaired) electrons. The smallest absolute Gasteiger partial charge is 0.303 e. The second-order valence-electron chi connectivity index (χ2n) is 11.5. The van der Waals surface area contributed by atoms with Gasteiger partial charge in [-0.1, -0.05) is 37.1 Å². The summed E-state index contributed by atoms with van der Waals surface area (Å²) in [5, 5.41) is 24.2. The number of aliphatic hydroxyl groups is 1. The maximum atomic E-state index is 11.4. The molecule has 2 saturated carbocycles. The van der Waals surface area contributed by atoms with Gasteiger partial charge in [-0.2, -0.15) is 0 Å². The average molecular weight is 414 g/mol. The van der Waals surface area contributed by atoms with E-state index in [2.05, 4.69) is 31.3 Å². The van der Waals surface area contributed by atoms with Gasteiger partial charge < -0.3 is 15.5 Å². The Morgan fingerprint density at radius 3 is 2.70 bits per heavy atom. The number of allylic oxidation sites excluding steroid dienone is 2. The Labute approximate surface area is 181 Å². The van der Waals surface area contributed by atoms with Crippen molar-refractivity contribution in [3.05, 3.63) is 23.3 Å². The van der Waals surface area contributed by atoms with Crippen LogP contribution in [0.15, 0.2) is 23.3 Å². The van der Waals surface area contributed by atoms with Crippen LogP contribution in [-0.4, -0.2) is 35.4 Å². The van der Waals surface area contributed by atoms with Gasteiger partial charge in [0, 0.05) is 13.0 Å². The first kappa shape index (κ1) is 20.8. The van der Waals surface area contributed by atoms with Crippen LogP contribution in [0.2, 0.25) is 0 Å². The Morgan fingerprint density at radius 1 is 1.17 bits per heavy atom. The summed E-state index contributed by atoms with van der Waals surface area (Å²) in [5.74, 6) is 1.66. The van der Waals surface area contributed by atoms with Crippen molar-refractivity contribution in [2.45, 2.75) is 77.7 Å². The van der Waals surface area contributed by atoms with E-state index >= 15 is 0 Å². The molecule has 8 atom stereocenters. The Balaban J connectivity index is 1.41. The van der Waals surface area contributed by atoms with Crippen LogP contribution in [0, 0.1) is 40.4 Å². The molecule has 0 spiro atoms. The fourth-order valence-electron chi connectivity index (χ4n) is 8.50. The first-order valence-electron chi connectivity index (χ1n) is 12.3. The van der Waals surface area contributed by atoms with Crippen molar-refractivity contribution in [3.63, 3.8) is 0 Å². The van der Waals surface area contributed by atoms with Crippen LogP contribution in [0.5, 0.6) is 0 Å². The SMILES string of the molecule is C[C@]12CC[C@@H](CC(=O)O)CC1=C[C@H](O)[C@@H]1[C@@H]2CC[C@]2(C)C(C3CCCNC3)=CC[C@@H]12. The molecule has 0 aromatic carbocycles. The van der Waals surface area contributed by atoms with E-state index in [9.17, 15) is 15.0 Å². The molecule has 1 saturated heterocycles. The lowest BCUT2D eigenvalue weighted by Crippen LogP contribution is -2.54. The standard InChI is InChI=1S/C26H39NO3/c1-25-9-7-16(13-23(29)30)12-18(25)14-22(28)24-20-6-5-19(17-4-3-11-27-15-17)26(20,2)10-8-21(24)25/h5,14,16-17,20-22,24,27-28H,3-4,6-13,15H2,1-2H3,(H,29,30)/t16-,17?,20+,21+,22+,24+,25+,26-/m1/s1. The highest BCUT2D eigenvalue weighted by Gasteiger charge is 2.59. The first-order valence-corrected chi connectivity index (χ1v) is 12.3. The number of hydrogen-bond donors (Lipinski definition) is 3. The number of nitrogens with one attached hydrogen (secondary N) is 1. The third-order valence-electron chi connectivity index (χ3n) is 10.1. The third kappa shape index (κ3) is 3.12. The molecule has 0 aromatic heterocycles. The zero-order valence-corrected chi connectivity index (χ0v) is 18.7. The molecule has 3 N–H and O–H groups in total. The van der Waals surface area contributed by atoms with Gasteiger partial charge in [0.15, 0.2) is 0 Å². The summed E-state index contributed by atoms with van der Waals surface area (Å²) < 4.78 is 0. The van der Waals surface area contributed by atoms with Gasteiger partial charge in [0.2, 0.25) is 0 Å². The second kappa shape index (κ2) is 7.48. The first-order chi connectivity index (χ1) is 14.3. The Morgan fingerprint density at radius 2 is 1.97 bits per heavy atom. The number of carbonyl (C=O) groups is 1. The molecular weight excluding hydrogens is 374 g/mol. The van der Waals surface area contributed by atoms with Crippen molar-refractivity contribution in [1.82, 2.24) is 5.32 Å². The predicted molar refractivity (Wildman–Crippen MR) is 118 cm³/mol. The molecule has 0 aromatic rings. The quantitative estimate of drug-likeness (QED) is 0.594. The van der Waals surface area contributed by atoms with Crippen LogP contribution in [-0.2, 0) is 4.79 Å². The van der Waals surface area contributed by atoms with Gasteiger partial charge in [0.25, 0.3) is 0 Å². The van der Waals surface area contributed by atoms with E-state index in [1.807, 2.05) is 0 Å². The van der Waals surface area contributed by atoms with Crippen molar-refractivity contribution < 1.29 is 15.0 Å². The molecule has 0 amide bonds. The largest absolute Gasteiger partial charge is 0.481 e. The number of fused-ring (bicyclic) bond motifs is 5. The summed E-state index contributed by atoms with van der Waals surface area (Å²) in [7, 11) is 0. The normalized spacial score (nSPS) is 48.1. The van der Waals surface area contributed by atoms with Gasteiger partial charge in [0.1, 0.15) is 0 Å². The zero-order valence-electron chi connectivity index (χ0n) is 18.7. The van der Waals surface area contributed by atoms with Gasteiger partial charge in [-0.05, 0) is 98.3 Å². The third-order valence-corrected chi connectivity index (χ3v) is 10.1.